The minimum atomic E-state index is -3.92. The van der Waals surface area contributed by atoms with Gasteiger partial charge in [0.25, 0.3) is 0 Å². The molecule has 2 amide bonds. The maximum atomic E-state index is 14.3. The first-order valence-corrected chi connectivity index (χ1v) is 16.7. The molecule has 0 aliphatic heterocycles. The molecular weight excluding hydrogens is 617 g/mol. The molecule has 0 bridgehead atoms. The van der Waals surface area contributed by atoms with Crippen molar-refractivity contribution < 1.29 is 18.0 Å². The number of sulfonamides is 1. The van der Waals surface area contributed by atoms with Gasteiger partial charge in [-0.3, -0.25) is 13.9 Å². The number of benzene rings is 3. The first-order valence-electron chi connectivity index (χ1n) is 13.7. The Hall–Kier alpha value is -2.78. The number of anilines is 1. The molecule has 224 valence electrons. The van der Waals surface area contributed by atoms with Crippen molar-refractivity contribution >= 4 is 62.3 Å². The normalized spacial score (nSPS) is 14.4. The van der Waals surface area contributed by atoms with E-state index in [0.717, 1.165) is 41.8 Å². The molecule has 4 rings (SSSR count). The molecule has 1 aliphatic rings. The van der Waals surface area contributed by atoms with Crippen molar-refractivity contribution in [3.8, 4) is 0 Å². The molecule has 11 heteroatoms. The average molecular weight is 651 g/mol. The Morgan fingerprint density at radius 3 is 2.12 bits per heavy atom. The molecule has 42 heavy (non-hydrogen) atoms. The van der Waals surface area contributed by atoms with Gasteiger partial charge < -0.3 is 10.2 Å². The zero-order valence-electron chi connectivity index (χ0n) is 23.5. The van der Waals surface area contributed by atoms with E-state index >= 15 is 0 Å². The van der Waals surface area contributed by atoms with Gasteiger partial charge >= 0.3 is 0 Å². The van der Waals surface area contributed by atoms with Gasteiger partial charge in [-0.15, -0.1) is 0 Å². The molecule has 0 radical (unpaired) electrons. The van der Waals surface area contributed by atoms with E-state index in [1.807, 2.05) is 30.3 Å². The number of hydrogen-bond donors (Lipinski definition) is 1. The quantitative estimate of drug-likeness (QED) is 0.260. The van der Waals surface area contributed by atoms with Gasteiger partial charge in [-0.2, -0.15) is 0 Å². The third-order valence-electron chi connectivity index (χ3n) is 7.55. The summed E-state index contributed by atoms with van der Waals surface area (Å²) in [4.78, 5) is 29.6. The molecule has 1 saturated carbocycles. The van der Waals surface area contributed by atoms with Crippen LogP contribution >= 0.6 is 34.8 Å². The minimum absolute atomic E-state index is 0.0123. The van der Waals surface area contributed by atoms with Crippen molar-refractivity contribution in [2.45, 2.75) is 57.7 Å². The molecular formula is C31H34Cl3N3O4S. The summed E-state index contributed by atoms with van der Waals surface area (Å²) >= 11 is 19.4. The number of nitrogens with zero attached hydrogens (tertiary/aromatic N) is 2. The van der Waals surface area contributed by atoms with Crippen LogP contribution in [0.25, 0.3) is 0 Å². The van der Waals surface area contributed by atoms with Crippen LogP contribution in [0.3, 0.4) is 0 Å². The number of nitrogens with one attached hydrogen (secondary N) is 1. The largest absolute Gasteiger partial charge is 0.352 e. The lowest BCUT2D eigenvalue weighted by atomic mass is 10.0. The SMILES string of the molecule is Cc1c(Cl)cccc1N(CC(=O)N(Cc1c(Cl)cccc1Cl)[C@@H](Cc1ccccc1)C(=O)NC1CCCC1)S(C)(=O)=O. The fraction of sp³-hybridized carbons (Fsp3) is 0.355. The maximum Gasteiger partial charge on any atom is 0.244 e. The van der Waals surface area contributed by atoms with Crippen LogP contribution in [0.1, 0.15) is 42.4 Å². The summed E-state index contributed by atoms with van der Waals surface area (Å²) < 4.78 is 27.1. The predicted octanol–water partition coefficient (Wildman–Crippen LogP) is 6.42. The zero-order chi connectivity index (χ0) is 30.4. The highest BCUT2D eigenvalue weighted by atomic mass is 35.5. The van der Waals surface area contributed by atoms with Gasteiger partial charge in [-0.25, -0.2) is 8.42 Å². The lowest BCUT2D eigenvalue weighted by Gasteiger charge is -2.34. The summed E-state index contributed by atoms with van der Waals surface area (Å²) in [5.41, 5.74) is 2.10. The second-order valence-electron chi connectivity index (χ2n) is 10.6. The van der Waals surface area contributed by atoms with Gasteiger partial charge in [-0.05, 0) is 55.2 Å². The van der Waals surface area contributed by atoms with Crippen molar-refractivity contribution in [1.29, 1.82) is 0 Å². The molecule has 0 heterocycles. The fourth-order valence-corrected chi connectivity index (χ4v) is 6.82. The Balaban J connectivity index is 1.78. The van der Waals surface area contributed by atoms with E-state index in [9.17, 15) is 18.0 Å². The predicted molar refractivity (Wildman–Crippen MR) is 170 cm³/mol. The first kappa shape index (κ1) is 32.1. The van der Waals surface area contributed by atoms with Crippen molar-refractivity contribution in [3.05, 3.63) is 98.5 Å². The van der Waals surface area contributed by atoms with Gasteiger partial charge in [0, 0.05) is 39.6 Å². The van der Waals surface area contributed by atoms with Crippen LogP contribution in [-0.4, -0.2) is 50.0 Å². The molecule has 1 fully saturated rings. The van der Waals surface area contributed by atoms with E-state index in [0.29, 0.717) is 26.2 Å². The van der Waals surface area contributed by atoms with E-state index in [1.165, 1.54) is 4.90 Å². The van der Waals surface area contributed by atoms with Crippen molar-refractivity contribution in [3.63, 3.8) is 0 Å². The topological polar surface area (TPSA) is 86.8 Å². The Bertz CT molecular complexity index is 1510. The molecule has 0 saturated heterocycles. The van der Waals surface area contributed by atoms with E-state index in [2.05, 4.69) is 5.32 Å². The van der Waals surface area contributed by atoms with Gasteiger partial charge in [0.2, 0.25) is 21.8 Å². The van der Waals surface area contributed by atoms with Crippen LogP contribution in [0, 0.1) is 6.92 Å². The minimum Gasteiger partial charge on any atom is -0.352 e. The second-order valence-corrected chi connectivity index (χ2v) is 13.7. The van der Waals surface area contributed by atoms with E-state index in [1.54, 1.807) is 43.3 Å². The number of carbonyl (C=O) groups excluding carboxylic acids is 2. The van der Waals surface area contributed by atoms with Crippen LogP contribution in [0.5, 0.6) is 0 Å². The molecule has 1 N–H and O–H groups in total. The summed E-state index contributed by atoms with van der Waals surface area (Å²) in [6.07, 6.45) is 5.02. The van der Waals surface area contributed by atoms with Gasteiger partial charge in [0.05, 0.1) is 11.9 Å². The Morgan fingerprint density at radius 1 is 0.905 bits per heavy atom. The van der Waals surface area contributed by atoms with Gasteiger partial charge in [0.15, 0.2) is 0 Å². The lowest BCUT2D eigenvalue weighted by Crippen LogP contribution is -2.54. The summed E-state index contributed by atoms with van der Waals surface area (Å²) in [5, 5.41) is 4.17. The highest BCUT2D eigenvalue weighted by molar-refractivity contribution is 7.92. The van der Waals surface area contributed by atoms with Gasteiger partial charge in [0.1, 0.15) is 12.6 Å². The number of amides is 2. The third-order valence-corrected chi connectivity index (χ3v) is 9.79. The van der Waals surface area contributed by atoms with E-state index in [4.69, 9.17) is 34.8 Å². The van der Waals surface area contributed by atoms with Crippen LogP contribution in [0.15, 0.2) is 66.7 Å². The number of carbonyl (C=O) groups is 2. The van der Waals surface area contributed by atoms with Crippen molar-refractivity contribution in [2.75, 3.05) is 17.1 Å². The van der Waals surface area contributed by atoms with Crippen LogP contribution in [0.4, 0.5) is 5.69 Å². The maximum absolute atomic E-state index is 14.3. The number of halogens is 3. The third kappa shape index (κ3) is 7.98. The highest BCUT2D eigenvalue weighted by Crippen LogP contribution is 2.30. The van der Waals surface area contributed by atoms with Crippen LogP contribution in [0.2, 0.25) is 15.1 Å². The molecule has 7 nitrogen and oxygen atoms in total. The van der Waals surface area contributed by atoms with Crippen LogP contribution < -0.4 is 9.62 Å². The second kappa shape index (κ2) is 14.1. The Morgan fingerprint density at radius 2 is 1.50 bits per heavy atom. The summed E-state index contributed by atoms with van der Waals surface area (Å²) in [6, 6.07) is 18.3. The first-order chi connectivity index (χ1) is 20.0. The molecule has 1 atom stereocenters. The summed E-state index contributed by atoms with van der Waals surface area (Å²) in [5.74, 6) is -0.898. The van der Waals surface area contributed by atoms with Gasteiger partial charge in [-0.1, -0.05) is 90.1 Å². The monoisotopic (exact) mass is 649 g/mol. The standard InChI is InChI=1S/C31H34Cl3N3O4S/c1-21-25(32)14-9-17-28(21)37(42(2,40)41)20-30(38)36(19-24-26(33)15-8-16-27(24)34)29(18-22-10-4-3-5-11-22)31(39)35-23-12-6-7-13-23/h3-5,8-11,14-17,23,29H,6-7,12-13,18-20H2,1-2H3,(H,35,39)/t29-/m0/s1. The molecule has 3 aromatic rings. The molecule has 0 aromatic heterocycles. The smallest absolute Gasteiger partial charge is 0.244 e. The lowest BCUT2D eigenvalue weighted by molar-refractivity contribution is -0.140. The summed E-state index contributed by atoms with van der Waals surface area (Å²) in [7, 11) is -3.92. The molecule has 3 aromatic carbocycles. The summed E-state index contributed by atoms with van der Waals surface area (Å²) in [6.45, 7) is 1.04. The molecule has 0 unspecified atom stereocenters. The highest BCUT2D eigenvalue weighted by Gasteiger charge is 2.35. The Labute approximate surface area is 262 Å². The van der Waals surface area contributed by atoms with E-state index < -0.39 is 28.5 Å². The van der Waals surface area contributed by atoms with Crippen molar-refractivity contribution in [1.82, 2.24) is 10.2 Å². The van der Waals surface area contributed by atoms with Crippen molar-refractivity contribution in [2.24, 2.45) is 0 Å². The fourth-order valence-electron chi connectivity index (χ4n) is 5.24. The average Bonchev–Trinajstić information content (AvgIpc) is 3.45. The zero-order valence-corrected chi connectivity index (χ0v) is 26.6. The molecule has 1 aliphatic carbocycles. The number of hydrogen-bond acceptors (Lipinski definition) is 4. The number of rotatable bonds is 11. The van der Waals surface area contributed by atoms with Crippen LogP contribution in [-0.2, 0) is 32.6 Å². The molecule has 0 spiro atoms. The van der Waals surface area contributed by atoms with E-state index in [-0.39, 0.29) is 30.6 Å². The Kier molecular flexibility index (Phi) is 10.8.